The van der Waals surface area contributed by atoms with Crippen molar-refractivity contribution in [1.29, 1.82) is 0 Å². The molecule has 1 atom stereocenters. The number of nitrogens with one attached hydrogen (secondary N) is 1. The van der Waals surface area contributed by atoms with Crippen molar-refractivity contribution in [2.24, 2.45) is 11.0 Å². The lowest BCUT2D eigenvalue weighted by Gasteiger charge is -2.23. The van der Waals surface area contributed by atoms with Crippen molar-refractivity contribution in [3.63, 3.8) is 0 Å². The Morgan fingerprint density at radius 1 is 1.00 bits per heavy atom. The summed E-state index contributed by atoms with van der Waals surface area (Å²) in [6.07, 6.45) is 4.82. The summed E-state index contributed by atoms with van der Waals surface area (Å²) in [6, 6.07) is 28.3. The Labute approximate surface area is 165 Å². The molecule has 0 aliphatic heterocycles. The van der Waals surface area contributed by atoms with Crippen LogP contribution in [0.1, 0.15) is 17.5 Å². The normalized spacial score (nSPS) is 15.8. The Morgan fingerprint density at radius 3 is 2.36 bits per heavy atom. The van der Waals surface area contributed by atoms with Gasteiger partial charge < -0.3 is 0 Å². The minimum absolute atomic E-state index is 0.279. The highest BCUT2D eigenvalue weighted by Gasteiger charge is 2.19. The maximum atomic E-state index is 12.9. The van der Waals surface area contributed by atoms with Gasteiger partial charge in [-0.1, -0.05) is 54.6 Å². The number of rotatable bonds is 4. The highest BCUT2D eigenvalue weighted by Crippen LogP contribution is 2.25. The highest BCUT2D eigenvalue weighted by molar-refractivity contribution is 5.99. The number of carbonyl (C=O) groups excluding carboxylic acids is 1. The monoisotopic (exact) mass is 368 g/mol. The predicted octanol–water partition coefficient (Wildman–Crippen LogP) is 5.13. The van der Waals surface area contributed by atoms with Gasteiger partial charge in [-0.25, -0.2) is 10.2 Å². The minimum atomic E-state index is -0.279. The fraction of sp³-hybridized carbons (Fsp3) is 0.167. The third-order valence-corrected chi connectivity index (χ3v) is 4.96. The summed E-state index contributed by atoms with van der Waals surface area (Å²) in [5.74, 6) is 0.325. The van der Waals surface area contributed by atoms with Gasteiger partial charge in [0.15, 0.2) is 0 Å². The largest absolute Gasteiger partial charge is 0.346 e. The summed E-state index contributed by atoms with van der Waals surface area (Å²) in [6.45, 7) is 0. The molecule has 3 aromatic carbocycles. The molecule has 0 saturated carbocycles. The third-order valence-electron chi connectivity index (χ3n) is 4.96. The van der Waals surface area contributed by atoms with Crippen molar-refractivity contribution in [2.45, 2.75) is 19.3 Å². The molecule has 4 heteroatoms. The first-order chi connectivity index (χ1) is 13.8. The van der Waals surface area contributed by atoms with E-state index in [0.717, 1.165) is 30.6 Å². The Balaban J connectivity index is 1.46. The van der Waals surface area contributed by atoms with Crippen LogP contribution in [0.5, 0.6) is 0 Å². The van der Waals surface area contributed by atoms with Gasteiger partial charge in [-0.15, -0.1) is 0 Å². The molecule has 139 valence electrons. The molecule has 3 aromatic rings. The van der Waals surface area contributed by atoms with Gasteiger partial charge in [0.05, 0.1) is 11.4 Å². The quantitative estimate of drug-likeness (QED) is 0.504. The van der Waals surface area contributed by atoms with Crippen LogP contribution >= 0.6 is 0 Å². The van der Waals surface area contributed by atoms with Crippen LogP contribution in [-0.4, -0.2) is 12.2 Å². The predicted molar refractivity (Wildman–Crippen MR) is 113 cm³/mol. The highest BCUT2D eigenvalue weighted by atomic mass is 16.2. The number of hydrogen-bond acceptors (Lipinski definition) is 2. The summed E-state index contributed by atoms with van der Waals surface area (Å²) in [4.78, 5) is 14.5. The molecule has 0 spiro atoms. The lowest BCUT2D eigenvalue weighted by molar-refractivity contribution is 0.249. The second-order valence-electron chi connectivity index (χ2n) is 6.88. The molecule has 1 N–H and O–H groups in total. The van der Waals surface area contributed by atoms with E-state index in [4.69, 9.17) is 0 Å². The Morgan fingerprint density at radius 2 is 1.68 bits per heavy atom. The van der Waals surface area contributed by atoms with E-state index in [0.29, 0.717) is 5.92 Å². The first-order valence-electron chi connectivity index (χ1n) is 9.53. The number of aryl methyl sites for hydroxylation is 1. The molecule has 1 radical (unpaired) electrons. The van der Waals surface area contributed by atoms with Crippen LogP contribution in [0.4, 0.5) is 16.2 Å². The maximum absolute atomic E-state index is 12.9. The first-order valence-corrected chi connectivity index (χ1v) is 9.53. The molecule has 0 fully saturated rings. The number of hydrogen-bond donors (Lipinski definition) is 1. The second kappa shape index (κ2) is 8.53. The molecule has 1 aliphatic carbocycles. The van der Waals surface area contributed by atoms with E-state index in [2.05, 4.69) is 22.7 Å². The van der Waals surface area contributed by atoms with Crippen LogP contribution < -0.4 is 10.3 Å². The molecule has 0 aromatic heterocycles. The zero-order valence-electron chi connectivity index (χ0n) is 15.6. The lowest BCUT2D eigenvalue weighted by Crippen LogP contribution is -2.34. The van der Waals surface area contributed by atoms with Crippen molar-refractivity contribution in [2.75, 3.05) is 4.90 Å². The molecule has 0 heterocycles. The van der Waals surface area contributed by atoms with Crippen molar-refractivity contribution >= 4 is 23.6 Å². The summed E-state index contributed by atoms with van der Waals surface area (Å²) in [5.41, 5.74) is 6.92. The van der Waals surface area contributed by atoms with Gasteiger partial charge in [0.1, 0.15) is 0 Å². The van der Waals surface area contributed by atoms with E-state index >= 15 is 0 Å². The molecule has 28 heavy (non-hydrogen) atoms. The van der Waals surface area contributed by atoms with E-state index < -0.39 is 0 Å². The lowest BCUT2D eigenvalue weighted by atomic mass is 9.85. The molecule has 1 unspecified atom stereocenters. The Kier molecular flexibility index (Phi) is 5.48. The molecular formula is C24H22N3O. The van der Waals surface area contributed by atoms with Gasteiger partial charge in [-0.2, -0.15) is 5.10 Å². The molecule has 0 bridgehead atoms. The number of nitrogens with zero attached hydrogens (tertiary/aromatic N) is 2. The number of benzene rings is 3. The van der Waals surface area contributed by atoms with Gasteiger partial charge in [0.25, 0.3) is 0 Å². The van der Waals surface area contributed by atoms with Crippen molar-refractivity contribution in [1.82, 2.24) is 5.43 Å². The zero-order chi connectivity index (χ0) is 19.2. The average Bonchev–Trinajstić information content (AvgIpc) is 2.75. The molecule has 2 amide bonds. The minimum Gasteiger partial charge on any atom is -0.262 e. The van der Waals surface area contributed by atoms with Crippen LogP contribution in [-0.2, 0) is 12.8 Å². The van der Waals surface area contributed by atoms with Gasteiger partial charge >= 0.3 is 6.03 Å². The fourth-order valence-corrected chi connectivity index (χ4v) is 3.56. The number of fused-ring (bicyclic) bond motifs is 1. The Bertz CT molecular complexity index is 914. The standard InChI is InChI=1S/C24H22N3O/c28-24(26-25-18-19-15-16-20-9-7-8-10-21(20)17-19)27(22-11-3-1-4-12-22)23-13-5-2-6-14-23/h1-8,10-14,18-19H,15-17H2,(H,26,28). The smallest absolute Gasteiger partial charge is 0.262 e. The molecular weight excluding hydrogens is 346 g/mol. The van der Waals surface area contributed by atoms with Gasteiger partial charge in [0, 0.05) is 12.1 Å². The van der Waals surface area contributed by atoms with Crippen molar-refractivity contribution in [3.05, 3.63) is 96.1 Å². The number of urea groups is 1. The number of amides is 2. The van der Waals surface area contributed by atoms with Gasteiger partial charge in [-0.3, -0.25) is 4.90 Å². The van der Waals surface area contributed by atoms with E-state index in [-0.39, 0.29) is 6.03 Å². The summed E-state index contributed by atoms with van der Waals surface area (Å²) < 4.78 is 0. The number of hydrazone groups is 1. The topological polar surface area (TPSA) is 44.7 Å². The molecule has 4 rings (SSSR count). The fourth-order valence-electron chi connectivity index (χ4n) is 3.56. The van der Waals surface area contributed by atoms with Crippen LogP contribution in [0.15, 0.2) is 84.0 Å². The average molecular weight is 368 g/mol. The van der Waals surface area contributed by atoms with Crippen LogP contribution in [0, 0.1) is 12.0 Å². The maximum Gasteiger partial charge on any atom is 0.346 e. The number of para-hydroxylation sites is 2. The van der Waals surface area contributed by atoms with E-state index in [9.17, 15) is 4.79 Å². The van der Waals surface area contributed by atoms with E-state index in [1.807, 2.05) is 79.0 Å². The first kappa shape index (κ1) is 18.0. The van der Waals surface area contributed by atoms with Gasteiger partial charge in [0.2, 0.25) is 0 Å². The summed E-state index contributed by atoms with van der Waals surface area (Å²) in [5, 5.41) is 4.26. The zero-order valence-corrected chi connectivity index (χ0v) is 15.6. The van der Waals surface area contributed by atoms with Crippen LogP contribution in [0.25, 0.3) is 0 Å². The molecule has 0 saturated heterocycles. The number of anilines is 2. The van der Waals surface area contributed by atoms with E-state index in [1.54, 1.807) is 4.90 Å². The van der Waals surface area contributed by atoms with Crippen molar-refractivity contribution in [3.8, 4) is 0 Å². The molecule has 1 aliphatic rings. The third kappa shape index (κ3) is 4.12. The molecule has 4 nitrogen and oxygen atoms in total. The SMILES string of the molecule is O=C(NN=CC1CCc2[c]cccc2C1)N(c1ccccc1)c1ccccc1. The summed E-state index contributed by atoms with van der Waals surface area (Å²) in [7, 11) is 0. The second-order valence-corrected chi connectivity index (χ2v) is 6.88. The van der Waals surface area contributed by atoms with Crippen molar-refractivity contribution < 1.29 is 4.79 Å². The van der Waals surface area contributed by atoms with Crippen LogP contribution in [0.3, 0.4) is 0 Å². The van der Waals surface area contributed by atoms with Gasteiger partial charge in [-0.05, 0) is 60.7 Å². The van der Waals surface area contributed by atoms with E-state index in [1.165, 1.54) is 11.1 Å². The number of carbonyl (C=O) groups is 1. The Hall–Kier alpha value is -3.40. The summed E-state index contributed by atoms with van der Waals surface area (Å²) >= 11 is 0. The van der Waals surface area contributed by atoms with Crippen LogP contribution in [0.2, 0.25) is 0 Å².